The van der Waals surface area contributed by atoms with Crippen LogP contribution in [-0.2, 0) is 16.7 Å². The molecule has 0 aliphatic heterocycles. The maximum absolute atomic E-state index is 13.7. The van der Waals surface area contributed by atoms with Crippen LogP contribution in [0.3, 0.4) is 0 Å². The molecule has 0 saturated carbocycles. The quantitative estimate of drug-likeness (QED) is 0.453. The molecule has 0 bridgehead atoms. The molecule has 0 fully saturated rings. The number of benzene rings is 2. The Morgan fingerprint density at radius 3 is 1.72 bits per heavy atom. The van der Waals surface area contributed by atoms with Crippen LogP contribution < -0.4 is 9.32 Å². The molecule has 2 aromatic carbocycles. The van der Waals surface area contributed by atoms with Crippen molar-refractivity contribution in [2.24, 2.45) is 5.14 Å². The van der Waals surface area contributed by atoms with Crippen LogP contribution >= 0.6 is 0 Å². The fourth-order valence-electron chi connectivity index (χ4n) is 4.26. The smallest absolute Gasteiger partial charge is 0.370 e. The van der Waals surface area contributed by atoms with Crippen LogP contribution in [0.4, 0.5) is 0 Å². The molecule has 176 valence electrons. The summed E-state index contributed by atoms with van der Waals surface area (Å²) in [7, 11) is -4.24. The molecular weight excluding hydrogens is 422 g/mol. The van der Waals surface area contributed by atoms with E-state index in [2.05, 4.69) is 39.8 Å². The maximum Gasteiger partial charge on any atom is 0.380 e. The first-order chi connectivity index (χ1) is 14.7. The van der Waals surface area contributed by atoms with Gasteiger partial charge in [-0.3, -0.25) is 4.79 Å². The molecule has 0 unspecified atom stereocenters. The number of ketones is 1. The van der Waals surface area contributed by atoms with Crippen LogP contribution in [0.2, 0.25) is 0 Å². The summed E-state index contributed by atoms with van der Waals surface area (Å²) in [5.41, 5.74) is 5.16. The molecule has 0 heterocycles. The van der Waals surface area contributed by atoms with Gasteiger partial charge in [0.2, 0.25) is 0 Å². The van der Waals surface area contributed by atoms with Crippen molar-refractivity contribution in [1.82, 2.24) is 0 Å². The second kappa shape index (κ2) is 10.2. The summed E-state index contributed by atoms with van der Waals surface area (Å²) in [5, 5.41) is 5.23. The van der Waals surface area contributed by atoms with E-state index in [9.17, 15) is 13.2 Å². The molecule has 6 heteroatoms. The first-order valence-electron chi connectivity index (χ1n) is 11.3. The summed E-state index contributed by atoms with van der Waals surface area (Å²) in [5.74, 6) is 0.566. The second-order valence-electron chi connectivity index (χ2n) is 9.66. The van der Waals surface area contributed by atoms with E-state index in [0.717, 1.165) is 16.7 Å². The number of nitrogens with two attached hydrogens (primary N) is 1. The van der Waals surface area contributed by atoms with Crippen molar-refractivity contribution >= 4 is 16.1 Å². The zero-order chi connectivity index (χ0) is 24.4. The fourth-order valence-corrected chi connectivity index (χ4v) is 4.68. The molecule has 2 aromatic rings. The lowest BCUT2D eigenvalue weighted by atomic mass is 9.83. The summed E-state index contributed by atoms with van der Waals surface area (Å²) >= 11 is 0. The Labute approximate surface area is 193 Å². The van der Waals surface area contributed by atoms with Crippen molar-refractivity contribution in [2.45, 2.75) is 85.5 Å². The Kier molecular flexibility index (Phi) is 8.29. The minimum Gasteiger partial charge on any atom is -0.370 e. The average molecular weight is 460 g/mol. The fraction of sp³-hybridized carbons (Fsp3) is 0.500. The van der Waals surface area contributed by atoms with Gasteiger partial charge in [0, 0.05) is 17.5 Å². The third kappa shape index (κ3) is 5.99. The molecule has 32 heavy (non-hydrogen) atoms. The van der Waals surface area contributed by atoms with E-state index in [-0.39, 0.29) is 41.6 Å². The van der Waals surface area contributed by atoms with Crippen molar-refractivity contribution in [3.8, 4) is 5.75 Å². The zero-order valence-electron chi connectivity index (χ0n) is 20.5. The lowest BCUT2D eigenvalue weighted by Gasteiger charge is -2.23. The summed E-state index contributed by atoms with van der Waals surface area (Å²) in [6, 6.07) is 9.80. The molecular formula is C26H37NO4S. The van der Waals surface area contributed by atoms with E-state index in [1.165, 1.54) is 0 Å². The molecule has 5 nitrogen and oxygen atoms in total. The molecule has 0 aliphatic carbocycles. The standard InChI is InChI=1S/C26H37NO4S/c1-15(2)19-10-9-11-20(16(3)4)23(19)14-24(28)22-13-12-21(17(5)6)26(25(22)18(7)8)31-32(27,29)30/h9-13,15-18H,14H2,1-8H3,(H2,27,29,30). The van der Waals surface area contributed by atoms with E-state index in [0.29, 0.717) is 16.7 Å². The number of hydrogen-bond acceptors (Lipinski definition) is 4. The lowest BCUT2D eigenvalue weighted by molar-refractivity contribution is 0.0990. The van der Waals surface area contributed by atoms with Crippen LogP contribution in [0.25, 0.3) is 0 Å². The molecule has 0 radical (unpaired) electrons. The van der Waals surface area contributed by atoms with Crippen molar-refractivity contribution in [1.29, 1.82) is 0 Å². The highest BCUT2D eigenvalue weighted by atomic mass is 32.2. The van der Waals surface area contributed by atoms with E-state index in [1.54, 1.807) is 12.1 Å². The third-order valence-corrected chi connectivity index (χ3v) is 6.15. The van der Waals surface area contributed by atoms with Crippen molar-refractivity contribution in [2.75, 3.05) is 0 Å². The predicted molar refractivity (Wildman–Crippen MR) is 131 cm³/mol. The van der Waals surface area contributed by atoms with Gasteiger partial charge in [-0.2, -0.15) is 13.6 Å². The average Bonchev–Trinajstić information content (AvgIpc) is 2.65. The lowest BCUT2D eigenvalue weighted by Crippen LogP contribution is -2.22. The normalized spacial score (nSPS) is 12.3. The maximum atomic E-state index is 13.7. The number of carbonyl (C=O) groups is 1. The van der Waals surface area contributed by atoms with Gasteiger partial charge in [0.15, 0.2) is 11.5 Å². The van der Waals surface area contributed by atoms with Gasteiger partial charge in [-0.1, -0.05) is 85.7 Å². The Balaban J connectivity index is 2.70. The van der Waals surface area contributed by atoms with E-state index in [4.69, 9.17) is 9.32 Å². The van der Waals surface area contributed by atoms with Gasteiger partial charge in [-0.05, 0) is 45.9 Å². The van der Waals surface area contributed by atoms with Gasteiger partial charge < -0.3 is 4.18 Å². The molecule has 0 aromatic heterocycles. The molecule has 0 atom stereocenters. The minimum absolute atomic E-state index is 0.00242. The number of Topliss-reactive ketones (excluding diaryl/α,β-unsaturated/α-hetero) is 1. The van der Waals surface area contributed by atoms with Crippen LogP contribution in [-0.4, -0.2) is 14.2 Å². The van der Waals surface area contributed by atoms with Crippen molar-refractivity contribution in [3.05, 3.63) is 63.7 Å². The van der Waals surface area contributed by atoms with E-state index in [1.807, 2.05) is 33.8 Å². The molecule has 0 saturated heterocycles. The molecule has 0 spiro atoms. The topological polar surface area (TPSA) is 86.5 Å². The van der Waals surface area contributed by atoms with Gasteiger partial charge in [-0.15, -0.1) is 0 Å². The molecule has 2 N–H and O–H groups in total. The second-order valence-corrected chi connectivity index (χ2v) is 10.8. The van der Waals surface area contributed by atoms with Gasteiger partial charge in [0.1, 0.15) is 0 Å². The Morgan fingerprint density at radius 1 is 0.812 bits per heavy atom. The molecule has 2 rings (SSSR count). The SMILES string of the molecule is CC(C)c1cccc(C(C)C)c1CC(=O)c1ccc(C(C)C)c(OS(N)(=O)=O)c1C(C)C. The number of rotatable bonds is 9. The van der Waals surface area contributed by atoms with Crippen LogP contribution in [0.15, 0.2) is 30.3 Å². The van der Waals surface area contributed by atoms with Crippen molar-refractivity contribution < 1.29 is 17.4 Å². The highest BCUT2D eigenvalue weighted by Crippen LogP contribution is 2.39. The predicted octanol–water partition coefficient (Wildman–Crippen LogP) is 6.19. The number of carbonyl (C=O) groups excluding carboxylic acids is 1. The highest BCUT2D eigenvalue weighted by Gasteiger charge is 2.26. The summed E-state index contributed by atoms with van der Waals surface area (Å²) in [6.07, 6.45) is 0.247. The Hall–Kier alpha value is -2.18. The highest BCUT2D eigenvalue weighted by molar-refractivity contribution is 7.84. The third-order valence-electron chi connectivity index (χ3n) is 5.76. The molecule has 0 amide bonds. The van der Waals surface area contributed by atoms with Gasteiger partial charge in [0.25, 0.3) is 0 Å². The Bertz CT molecular complexity index is 1060. The largest absolute Gasteiger partial charge is 0.380 e. The van der Waals surface area contributed by atoms with Crippen LogP contribution in [0, 0.1) is 0 Å². The monoisotopic (exact) mass is 459 g/mol. The van der Waals surface area contributed by atoms with Crippen LogP contribution in [0.5, 0.6) is 5.75 Å². The van der Waals surface area contributed by atoms with E-state index < -0.39 is 10.3 Å². The first kappa shape index (κ1) is 26.1. The van der Waals surface area contributed by atoms with E-state index >= 15 is 0 Å². The molecule has 0 aliphatic rings. The van der Waals surface area contributed by atoms with Crippen molar-refractivity contribution in [3.63, 3.8) is 0 Å². The minimum atomic E-state index is -4.24. The first-order valence-corrected chi connectivity index (χ1v) is 12.8. The zero-order valence-corrected chi connectivity index (χ0v) is 21.3. The summed E-state index contributed by atoms with van der Waals surface area (Å²) in [4.78, 5) is 13.7. The van der Waals surface area contributed by atoms with Gasteiger partial charge in [0.05, 0.1) is 0 Å². The summed E-state index contributed by atoms with van der Waals surface area (Å²) < 4.78 is 28.9. The summed E-state index contributed by atoms with van der Waals surface area (Å²) in [6.45, 7) is 16.3. The van der Waals surface area contributed by atoms with Gasteiger partial charge in [-0.25, -0.2) is 0 Å². The number of hydrogen-bond donors (Lipinski definition) is 1. The van der Waals surface area contributed by atoms with Crippen LogP contribution in [0.1, 0.15) is 117 Å². The van der Waals surface area contributed by atoms with Gasteiger partial charge >= 0.3 is 10.3 Å². The Morgan fingerprint density at radius 2 is 1.31 bits per heavy atom.